The van der Waals surface area contributed by atoms with Gasteiger partial charge in [-0.15, -0.1) is 11.3 Å². The smallest absolute Gasteiger partial charge is 0.262 e. The summed E-state index contributed by atoms with van der Waals surface area (Å²) in [5.41, 5.74) is 2.32. The Balaban J connectivity index is 1.66. The van der Waals surface area contributed by atoms with E-state index in [2.05, 4.69) is 5.32 Å². The lowest BCUT2D eigenvalue weighted by molar-refractivity contribution is -0.118. The van der Waals surface area contributed by atoms with Gasteiger partial charge in [-0.2, -0.15) is 5.26 Å². The topological polar surface area (TPSA) is 82.4 Å². The van der Waals surface area contributed by atoms with Crippen molar-refractivity contribution < 1.29 is 14.6 Å². The molecule has 3 rings (SSSR count). The van der Waals surface area contributed by atoms with Crippen LogP contribution in [0.2, 0.25) is 0 Å². The average Bonchev–Trinajstić information content (AvgIpc) is 3.00. The highest BCUT2D eigenvalue weighted by Crippen LogP contribution is 2.35. The van der Waals surface area contributed by atoms with Crippen molar-refractivity contribution in [3.8, 4) is 11.8 Å². The van der Waals surface area contributed by atoms with Gasteiger partial charge in [0.25, 0.3) is 5.91 Å². The van der Waals surface area contributed by atoms with Crippen LogP contribution in [0.15, 0.2) is 29.6 Å². The maximum atomic E-state index is 12.0. The van der Waals surface area contributed by atoms with Crippen molar-refractivity contribution in [3.05, 3.63) is 46.3 Å². The first kappa shape index (κ1) is 15.5. The van der Waals surface area contributed by atoms with E-state index in [1.54, 1.807) is 11.4 Å². The highest BCUT2D eigenvalue weighted by atomic mass is 32.1. The van der Waals surface area contributed by atoms with Gasteiger partial charge in [-0.25, -0.2) is 0 Å². The van der Waals surface area contributed by atoms with Crippen LogP contribution < -0.4 is 10.1 Å². The van der Waals surface area contributed by atoms with E-state index in [9.17, 15) is 9.90 Å². The molecule has 1 aromatic carbocycles. The van der Waals surface area contributed by atoms with Crippen LogP contribution in [0.3, 0.4) is 0 Å². The Morgan fingerprint density at radius 2 is 2.35 bits per heavy atom. The Bertz CT molecular complexity index is 763. The van der Waals surface area contributed by atoms with Crippen molar-refractivity contribution in [2.75, 3.05) is 11.9 Å². The Kier molecular flexibility index (Phi) is 4.60. The molecule has 1 aliphatic rings. The van der Waals surface area contributed by atoms with Crippen LogP contribution in [-0.4, -0.2) is 17.6 Å². The average molecular weight is 328 g/mol. The molecule has 0 saturated carbocycles. The number of thiophene rings is 1. The van der Waals surface area contributed by atoms with Gasteiger partial charge in [0, 0.05) is 0 Å². The maximum Gasteiger partial charge on any atom is 0.262 e. The van der Waals surface area contributed by atoms with Gasteiger partial charge in [0.15, 0.2) is 6.61 Å². The number of fused-ring (bicyclic) bond motifs is 1. The minimum absolute atomic E-state index is 0.130. The van der Waals surface area contributed by atoms with E-state index in [0.29, 0.717) is 16.3 Å². The molecule has 23 heavy (non-hydrogen) atoms. The fourth-order valence-electron chi connectivity index (χ4n) is 2.73. The number of nitrogens with zero attached hydrogens (tertiary/aromatic N) is 1. The highest BCUT2D eigenvalue weighted by Gasteiger charge is 2.21. The van der Waals surface area contributed by atoms with Gasteiger partial charge in [-0.1, -0.05) is 12.1 Å². The Morgan fingerprint density at radius 3 is 3.17 bits per heavy atom. The Hall–Kier alpha value is -2.36. The summed E-state index contributed by atoms with van der Waals surface area (Å²) in [6.45, 7) is -0.130. The van der Waals surface area contributed by atoms with E-state index < -0.39 is 6.10 Å². The number of ether oxygens (including phenoxy) is 1. The number of amides is 1. The molecule has 0 spiro atoms. The number of rotatable bonds is 4. The SMILES string of the molecule is N#Cc1ccsc1NC(=O)COc1cccc2c1CCCC2O. The quantitative estimate of drug-likeness (QED) is 0.904. The molecular formula is C17H16N2O3S. The summed E-state index contributed by atoms with van der Waals surface area (Å²) in [5.74, 6) is 0.334. The number of anilines is 1. The molecule has 5 nitrogen and oxygen atoms in total. The molecule has 0 radical (unpaired) electrons. The fraction of sp³-hybridized carbons (Fsp3) is 0.294. The van der Waals surface area contributed by atoms with Crippen LogP contribution in [0.5, 0.6) is 5.75 Å². The van der Waals surface area contributed by atoms with Crippen LogP contribution in [0.1, 0.15) is 35.6 Å². The third-order valence-electron chi connectivity index (χ3n) is 3.83. The largest absolute Gasteiger partial charge is 0.483 e. The van der Waals surface area contributed by atoms with Crippen molar-refractivity contribution in [3.63, 3.8) is 0 Å². The fourth-order valence-corrected chi connectivity index (χ4v) is 3.48. The Morgan fingerprint density at radius 1 is 1.48 bits per heavy atom. The van der Waals surface area contributed by atoms with E-state index in [0.717, 1.165) is 30.4 Å². The van der Waals surface area contributed by atoms with E-state index in [1.807, 2.05) is 24.3 Å². The van der Waals surface area contributed by atoms with Crippen molar-refractivity contribution in [2.45, 2.75) is 25.4 Å². The molecule has 6 heteroatoms. The molecule has 118 valence electrons. The van der Waals surface area contributed by atoms with Crippen LogP contribution >= 0.6 is 11.3 Å². The van der Waals surface area contributed by atoms with Gasteiger partial charge in [-0.05, 0) is 47.9 Å². The minimum atomic E-state index is -0.458. The van der Waals surface area contributed by atoms with Crippen LogP contribution in [0, 0.1) is 11.3 Å². The van der Waals surface area contributed by atoms with Gasteiger partial charge in [-0.3, -0.25) is 4.79 Å². The van der Waals surface area contributed by atoms with Gasteiger partial charge in [0.2, 0.25) is 0 Å². The van der Waals surface area contributed by atoms with Crippen molar-refractivity contribution >= 4 is 22.2 Å². The number of benzene rings is 1. The van der Waals surface area contributed by atoms with Crippen LogP contribution in [0.4, 0.5) is 5.00 Å². The predicted octanol–water partition coefficient (Wildman–Crippen LogP) is 3.01. The molecule has 0 aliphatic heterocycles. The second-order valence-corrected chi connectivity index (χ2v) is 6.26. The van der Waals surface area contributed by atoms with Crippen LogP contribution in [-0.2, 0) is 11.2 Å². The molecule has 2 aromatic rings. The van der Waals surface area contributed by atoms with Crippen molar-refractivity contribution in [1.29, 1.82) is 5.26 Å². The van der Waals surface area contributed by atoms with Crippen molar-refractivity contribution in [1.82, 2.24) is 0 Å². The Labute approximate surface area is 138 Å². The number of hydrogen-bond acceptors (Lipinski definition) is 5. The molecule has 1 amide bonds. The third-order valence-corrected chi connectivity index (χ3v) is 4.66. The lowest BCUT2D eigenvalue weighted by Crippen LogP contribution is -2.21. The number of aliphatic hydroxyl groups is 1. The standard InChI is InChI=1S/C17H16N2O3S/c18-9-11-7-8-23-17(11)19-16(21)10-22-15-6-2-3-12-13(15)4-1-5-14(12)20/h2-3,6-8,14,20H,1,4-5,10H2,(H,19,21). The second kappa shape index (κ2) is 6.82. The van der Waals surface area contributed by atoms with E-state index in [4.69, 9.17) is 10.00 Å². The molecule has 0 bridgehead atoms. The number of nitriles is 1. The van der Waals surface area contributed by atoms with Crippen LogP contribution in [0.25, 0.3) is 0 Å². The van der Waals surface area contributed by atoms with Gasteiger partial charge in [0.05, 0.1) is 11.7 Å². The molecule has 0 fully saturated rings. The molecule has 1 unspecified atom stereocenters. The van der Waals surface area contributed by atoms with Gasteiger partial charge >= 0.3 is 0 Å². The minimum Gasteiger partial charge on any atom is -0.483 e. The summed E-state index contributed by atoms with van der Waals surface area (Å²) in [6.07, 6.45) is 2.04. The summed E-state index contributed by atoms with van der Waals surface area (Å²) >= 11 is 1.30. The summed E-state index contributed by atoms with van der Waals surface area (Å²) in [4.78, 5) is 12.0. The summed E-state index contributed by atoms with van der Waals surface area (Å²) in [7, 11) is 0. The zero-order chi connectivity index (χ0) is 16.2. The maximum absolute atomic E-state index is 12.0. The van der Waals surface area contributed by atoms with E-state index >= 15 is 0 Å². The van der Waals surface area contributed by atoms with Gasteiger partial charge in [0.1, 0.15) is 16.8 Å². The number of carbonyl (C=O) groups excluding carboxylic acids is 1. The van der Waals surface area contributed by atoms with Gasteiger partial charge < -0.3 is 15.2 Å². The predicted molar refractivity (Wildman–Crippen MR) is 87.5 cm³/mol. The molecule has 0 saturated heterocycles. The molecule has 1 aromatic heterocycles. The monoisotopic (exact) mass is 328 g/mol. The summed E-state index contributed by atoms with van der Waals surface area (Å²) in [6, 6.07) is 9.23. The first-order valence-corrected chi connectivity index (χ1v) is 8.27. The molecular weight excluding hydrogens is 312 g/mol. The normalized spacial score (nSPS) is 16.3. The molecule has 2 N–H and O–H groups in total. The molecule has 1 aliphatic carbocycles. The summed E-state index contributed by atoms with van der Waals surface area (Å²) < 4.78 is 5.64. The second-order valence-electron chi connectivity index (χ2n) is 5.34. The number of carbonyl (C=O) groups is 1. The number of hydrogen-bond donors (Lipinski definition) is 2. The zero-order valence-corrected chi connectivity index (χ0v) is 13.2. The first-order chi connectivity index (χ1) is 11.2. The number of aliphatic hydroxyl groups excluding tert-OH is 1. The molecule has 1 atom stereocenters. The summed E-state index contributed by atoms with van der Waals surface area (Å²) in [5, 5.41) is 23.9. The van der Waals surface area contributed by atoms with E-state index in [1.165, 1.54) is 11.3 Å². The lowest BCUT2D eigenvalue weighted by Gasteiger charge is -2.23. The number of nitrogens with one attached hydrogen (secondary N) is 1. The highest BCUT2D eigenvalue weighted by molar-refractivity contribution is 7.14. The third kappa shape index (κ3) is 3.36. The lowest BCUT2D eigenvalue weighted by atomic mass is 9.89. The van der Waals surface area contributed by atoms with E-state index in [-0.39, 0.29) is 12.5 Å². The van der Waals surface area contributed by atoms with Crippen molar-refractivity contribution in [2.24, 2.45) is 0 Å². The molecule has 1 heterocycles. The first-order valence-electron chi connectivity index (χ1n) is 7.39. The zero-order valence-electron chi connectivity index (χ0n) is 12.4.